The van der Waals surface area contributed by atoms with Gasteiger partial charge in [0, 0.05) is 26.1 Å². The molecule has 6 nitrogen and oxygen atoms in total. The third kappa shape index (κ3) is 3.91. The average molecular weight is 269 g/mol. The highest BCUT2D eigenvalue weighted by Gasteiger charge is 2.31. The number of carbonyl (C=O) groups is 2. The van der Waals surface area contributed by atoms with Crippen LogP contribution in [0.3, 0.4) is 0 Å². The monoisotopic (exact) mass is 269 g/mol. The van der Waals surface area contributed by atoms with Gasteiger partial charge in [-0.1, -0.05) is 0 Å². The molecule has 6 heteroatoms. The van der Waals surface area contributed by atoms with Crippen LogP contribution < -0.4 is 5.32 Å². The van der Waals surface area contributed by atoms with Gasteiger partial charge in [-0.3, -0.25) is 14.6 Å². The number of likely N-dealkylation sites (tertiary alicyclic amines) is 2. The molecule has 0 aromatic heterocycles. The summed E-state index contributed by atoms with van der Waals surface area (Å²) in [6.45, 7) is 5.94. The molecule has 0 aromatic carbocycles. The number of hydrogen-bond acceptors (Lipinski definition) is 4. The number of amides is 1. The summed E-state index contributed by atoms with van der Waals surface area (Å²) >= 11 is 0. The SMILES string of the molecule is CC(=O)NC(CN1CCC(N2CCCC2)C1)C(=O)O. The summed E-state index contributed by atoms with van der Waals surface area (Å²) in [5.41, 5.74) is 0. The molecular weight excluding hydrogens is 246 g/mol. The molecule has 19 heavy (non-hydrogen) atoms. The zero-order valence-corrected chi connectivity index (χ0v) is 11.5. The van der Waals surface area contributed by atoms with Crippen LogP contribution in [0.2, 0.25) is 0 Å². The van der Waals surface area contributed by atoms with Gasteiger partial charge >= 0.3 is 5.97 Å². The molecule has 0 spiro atoms. The molecule has 0 bridgehead atoms. The molecule has 2 rings (SSSR count). The minimum Gasteiger partial charge on any atom is -0.480 e. The summed E-state index contributed by atoms with van der Waals surface area (Å²) in [5.74, 6) is -1.25. The van der Waals surface area contributed by atoms with E-state index in [1.165, 1.54) is 32.9 Å². The Balaban J connectivity index is 1.82. The molecule has 2 unspecified atom stereocenters. The van der Waals surface area contributed by atoms with E-state index in [0.29, 0.717) is 12.6 Å². The fourth-order valence-electron chi connectivity index (χ4n) is 3.07. The van der Waals surface area contributed by atoms with Gasteiger partial charge in [-0.25, -0.2) is 4.79 Å². The van der Waals surface area contributed by atoms with Crippen LogP contribution in [0.1, 0.15) is 26.2 Å². The van der Waals surface area contributed by atoms with E-state index >= 15 is 0 Å². The fraction of sp³-hybridized carbons (Fsp3) is 0.846. The number of nitrogens with one attached hydrogen (secondary N) is 1. The standard InChI is InChI=1S/C13H23N3O3/c1-10(17)14-12(13(18)19)9-15-7-4-11(8-15)16-5-2-3-6-16/h11-12H,2-9H2,1H3,(H,14,17)(H,18,19). The Bertz CT molecular complexity index is 342. The van der Waals surface area contributed by atoms with Gasteiger partial charge in [-0.2, -0.15) is 0 Å². The van der Waals surface area contributed by atoms with Gasteiger partial charge in [0.1, 0.15) is 6.04 Å². The van der Waals surface area contributed by atoms with E-state index in [2.05, 4.69) is 15.1 Å². The molecular formula is C13H23N3O3. The summed E-state index contributed by atoms with van der Waals surface area (Å²) in [4.78, 5) is 26.8. The van der Waals surface area contributed by atoms with Crippen LogP contribution in [0.4, 0.5) is 0 Å². The highest BCUT2D eigenvalue weighted by Crippen LogP contribution is 2.20. The van der Waals surface area contributed by atoms with Crippen LogP contribution >= 0.6 is 0 Å². The van der Waals surface area contributed by atoms with Crippen LogP contribution in [0.25, 0.3) is 0 Å². The van der Waals surface area contributed by atoms with Crippen molar-refractivity contribution >= 4 is 11.9 Å². The predicted molar refractivity (Wildman–Crippen MR) is 70.9 cm³/mol. The lowest BCUT2D eigenvalue weighted by Crippen LogP contribution is -2.48. The van der Waals surface area contributed by atoms with E-state index in [-0.39, 0.29) is 5.91 Å². The third-order valence-corrected chi connectivity index (χ3v) is 4.02. The first-order valence-corrected chi connectivity index (χ1v) is 7.02. The lowest BCUT2D eigenvalue weighted by molar-refractivity contribution is -0.142. The van der Waals surface area contributed by atoms with Crippen LogP contribution in [0, 0.1) is 0 Å². The second-order valence-corrected chi connectivity index (χ2v) is 5.54. The van der Waals surface area contributed by atoms with Gasteiger partial charge in [0.25, 0.3) is 0 Å². The summed E-state index contributed by atoms with van der Waals surface area (Å²) in [6, 6.07) is -0.232. The lowest BCUT2D eigenvalue weighted by atomic mass is 10.2. The highest BCUT2D eigenvalue weighted by molar-refractivity contribution is 5.82. The summed E-state index contributed by atoms with van der Waals surface area (Å²) in [7, 11) is 0. The van der Waals surface area contributed by atoms with Crippen molar-refractivity contribution in [2.45, 2.75) is 38.3 Å². The number of carbonyl (C=O) groups excluding carboxylic acids is 1. The maximum absolute atomic E-state index is 11.1. The van der Waals surface area contributed by atoms with Gasteiger partial charge in [0.2, 0.25) is 5.91 Å². The first-order valence-electron chi connectivity index (χ1n) is 7.02. The Morgan fingerprint density at radius 1 is 1.32 bits per heavy atom. The molecule has 0 radical (unpaired) electrons. The number of rotatable bonds is 5. The zero-order valence-electron chi connectivity index (χ0n) is 11.5. The molecule has 1 amide bonds. The Hall–Kier alpha value is -1.14. The zero-order chi connectivity index (χ0) is 13.8. The molecule has 108 valence electrons. The molecule has 2 saturated heterocycles. The maximum Gasteiger partial charge on any atom is 0.327 e. The van der Waals surface area contributed by atoms with Crippen LogP contribution in [0.15, 0.2) is 0 Å². The highest BCUT2D eigenvalue weighted by atomic mass is 16.4. The quantitative estimate of drug-likeness (QED) is 0.720. The third-order valence-electron chi connectivity index (χ3n) is 4.02. The molecule has 0 aliphatic carbocycles. The van der Waals surface area contributed by atoms with Gasteiger partial charge in [-0.05, 0) is 38.9 Å². The lowest BCUT2D eigenvalue weighted by Gasteiger charge is -2.25. The first kappa shape index (κ1) is 14.3. The van der Waals surface area contributed by atoms with Crippen molar-refractivity contribution in [3.63, 3.8) is 0 Å². The maximum atomic E-state index is 11.1. The van der Waals surface area contributed by atoms with E-state index < -0.39 is 12.0 Å². The van der Waals surface area contributed by atoms with Gasteiger partial charge in [-0.15, -0.1) is 0 Å². The summed E-state index contributed by atoms with van der Waals surface area (Å²) in [5, 5.41) is 11.6. The Morgan fingerprint density at radius 3 is 2.58 bits per heavy atom. The Morgan fingerprint density at radius 2 is 2.00 bits per heavy atom. The van der Waals surface area contributed by atoms with Crippen molar-refractivity contribution in [1.82, 2.24) is 15.1 Å². The largest absolute Gasteiger partial charge is 0.480 e. The number of carboxylic acid groups (broad SMARTS) is 1. The van der Waals surface area contributed by atoms with Crippen LogP contribution in [-0.4, -0.2) is 71.6 Å². The van der Waals surface area contributed by atoms with Crippen molar-refractivity contribution in [2.24, 2.45) is 0 Å². The van der Waals surface area contributed by atoms with Crippen molar-refractivity contribution in [2.75, 3.05) is 32.7 Å². The normalized spacial score (nSPS) is 26.5. The van der Waals surface area contributed by atoms with E-state index in [1.54, 1.807) is 0 Å². The Kier molecular flexibility index (Phi) is 4.76. The number of aliphatic carboxylic acids is 1. The van der Waals surface area contributed by atoms with Crippen molar-refractivity contribution in [3.05, 3.63) is 0 Å². The van der Waals surface area contributed by atoms with Crippen LogP contribution in [-0.2, 0) is 9.59 Å². The van der Waals surface area contributed by atoms with E-state index in [4.69, 9.17) is 5.11 Å². The Labute approximate surface area is 113 Å². The second kappa shape index (κ2) is 6.34. The van der Waals surface area contributed by atoms with Gasteiger partial charge < -0.3 is 10.4 Å². The summed E-state index contributed by atoms with van der Waals surface area (Å²) in [6.07, 6.45) is 3.66. The second-order valence-electron chi connectivity index (χ2n) is 5.54. The molecule has 2 aliphatic rings. The van der Waals surface area contributed by atoms with Crippen molar-refractivity contribution < 1.29 is 14.7 Å². The topological polar surface area (TPSA) is 72.9 Å². The number of carboxylic acids is 1. The molecule has 0 aromatic rings. The minimum absolute atomic E-state index is 0.289. The average Bonchev–Trinajstić information content (AvgIpc) is 2.97. The van der Waals surface area contributed by atoms with E-state index in [1.807, 2.05) is 0 Å². The van der Waals surface area contributed by atoms with Crippen molar-refractivity contribution in [3.8, 4) is 0 Å². The molecule has 2 N–H and O–H groups in total. The van der Waals surface area contributed by atoms with Gasteiger partial charge in [0.15, 0.2) is 0 Å². The van der Waals surface area contributed by atoms with E-state index in [9.17, 15) is 9.59 Å². The van der Waals surface area contributed by atoms with Gasteiger partial charge in [0.05, 0.1) is 0 Å². The molecule has 2 atom stereocenters. The fourth-order valence-corrected chi connectivity index (χ4v) is 3.07. The van der Waals surface area contributed by atoms with Crippen molar-refractivity contribution in [1.29, 1.82) is 0 Å². The van der Waals surface area contributed by atoms with Crippen LogP contribution in [0.5, 0.6) is 0 Å². The number of hydrogen-bond donors (Lipinski definition) is 2. The van der Waals surface area contributed by atoms with E-state index in [0.717, 1.165) is 19.5 Å². The smallest absolute Gasteiger partial charge is 0.327 e. The minimum atomic E-state index is -0.958. The summed E-state index contributed by atoms with van der Waals surface area (Å²) < 4.78 is 0. The predicted octanol–water partition coefficient (Wildman–Crippen LogP) is -0.254. The molecule has 2 aliphatic heterocycles. The first-order chi connectivity index (χ1) is 9.06. The molecule has 2 fully saturated rings. The molecule has 2 heterocycles. The number of nitrogens with zero attached hydrogens (tertiary/aromatic N) is 2. The molecule has 0 saturated carbocycles.